The van der Waals surface area contributed by atoms with Crippen molar-refractivity contribution in [1.29, 1.82) is 0 Å². The molecular formula is C27H43N5O4. The van der Waals surface area contributed by atoms with Crippen LogP contribution in [0.15, 0.2) is 0 Å². The van der Waals surface area contributed by atoms with Crippen molar-refractivity contribution < 1.29 is 19.1 Å². The fraction of sp³-hybridized carbons (Fsp3) is 0.778. The summed E-state index contributed by atoms with van der Waals surface area (Å²) in [5.41, 5.74) is 2.57. The van der Waals surface area contributed by atoms with Gasteiger partial charge in [0.05, 0.1) is 0 Å². The average molecular weight is 502 g/mol. The van der Waals surface area contributed by atoms with E-state index in [1.807, 2.05) is 16.6 Å². The lowest BCUT2D eigenvalue weighted by molar-refractivity contribution is -0.139. The van der Waals surface area contributed by atoms with Gasteiger partial charge in [0.25, 0.3) is 5.91 Å². The second-order valence-corrected chi connectivity index (χ2v) is 11.0. The molecule has 0 saturated carbocycles. The summed E-state index contributed by atoms with van der Waals surface area (Å²) >= 11 is 0. The molecule has 1 fully saturated rings. The van der Waals surface area contributed by atoms with Crippen molar-refractivity contribution in [3.05, 3.63) is 17.0 Å². The number of amides is 3. The van der Waals surface area contributed by atoms with Gasteiger partial charge in [-0.15, -0.1) is 0 Å². The summed E-state index contributed by atoms with van der Waals surface area (Å²) in [5.74, 6) is 0.644. The highest BCUT2D eigenvalue weighted by Gasteiger charge is 2.33. The van der Waals surface area contributed by atoms with Gasteiger partial charge in [0, 0.05) is 76.1 Å². The van der Waals surface area contributed by atoms with Crippen LogP contribution >= 0.6 is 0 Å². The van der Waals surface area contributed by atoms with Crippen molar-refractivity contribution in [1.82, 2.24) is 24.9 Å². The standard InChI is InChI=1S/C27H43N5O4/c1-19(2)9-15-32-21-7-8-23-22(18-21)25(29-30(23)3)26(34)28-12-5-14-31(13-4-6-24(32)33)27(35)20-10-16-36-17-11-20/h19-21H,4-18H2,1-3H3,(H,28,34). The van der Waals surface area contributed by atoms with E-state index in [0.29, 0.717) is 70.1 Å². The van der Waals surface area contributed by atoms with Crippen LogP contribution < -0.4 is 5.32 Å². The maximum absolute atomic E-state index is 13.5. The van der Waals surface area contributed by atoms with Crippen molar-refractivity contribution in [3.63, 3.8) is 0 Å². The highest BCUT2D eigenvalue weighted by Crippen LogP contribution is 2.28. The van der Waals surface area contributed by atoms with Gasteiger partial charge in [0.2, 0.25) is 11.8 Å². The van der Waals surface area contributed by atoms with Gasteiger partial charge < -0.3 is 19.9 Å². The first kappa shape index (κ1) is 26.6. The minimum Gasteiger partial charge on any atom is -0.381 e. The lowest BCUT2D eigenvalue weighted by atomic mass is 9.89. The van der Waals surface area contributed by atoms with E-state index in [4.69, 9.17) is 4.74 Å². The summed E-state index contributed by atoms with van der Waals surface area (Å²) in [6.45, 7) is 7.98. The number of aromatic nitrogens is 2. The maximum Gasteiger partial charge on any atom is 0.272 e. The molecule has 1 N–H and O–H groups in total. The van der Waals surface area contributed by atoms with Crippen molar-refractivity contribution in [3.8, 4) is 0 Å². The van der Waals surface area contributed by atoms with Crippen LogP contribution in [-0.2, 0) is 34.2 Å². The van der Waals surface area contributed by atoms with Crippen LogP contribution in [0.4, 0.5) is 0 Å². The monoisotopic (exact) mass is 501 g/mol. The molecule has 2 aliphatic heterocycles. The van der Waals surface area contributed by atoms with Crippen LogP contribution in [0.25, 0.3) is 0 Å². The van der Waals surface area contributed by atoms with E-state index in [-0.39, 0.29) is 29.7 Å². The third-order valence-electron chi connectivity index (χ3n) is 7.94. The maximum atomic E-state index is 13.5. The van der Waals surface area contributed by atoms with Crippen LogP contribution in [-0.4, -0.2) is 82.7 Å². The molecule has 4 rings (SSSR count). The van der Waals surface area contributed by atoms with Gasteiger partial charge in [0.15, 0.2) is 5.69 Å². The first-order valence-electron chi connectivity index (χ1n) is 13.8. The minimum absolute atomic E-state index is 0.0124. The smallest absolute Gasteiger partial charge is 0.272 e. The zero-order chi connectivity index (χ0) is 25.7. The Bertz CT molecular complexity index is 937. The van der Waals surface area contributed by atoms with Crippen molar-refractivity contribution in [2.45, 2.75) is 77.7 Å². The van der Waals surface area contributed by atoms with Crippen LogP contribution in [0.2, 0.25) is 0 Å². The van der Waals surface area contributed by atoms with E-state index in [0.717, 1.165) is 49.9 Å². The zero-order valence-corrected chi connectivity index (χ0v) is 22.3. The molecule has 1 aromatic rings. The molecule has 0 radical (unpaired) electrons. The van der Waals surface area contributed by atoms with Gasteiger partial charge in [-0.25, -0.2) is 0 Å². The number of ether oxygens (including phenoxy) is 1. The quantitative estimate of drug-likeness (QED) is 0.683. The summed E-state index contributed by atoms with van der Waals surface area (Å²) in [5, 5.41) is 7.60. The normalized spacial score (nSPS) is 22.8. The molecule has 1 aromatic heterocycles. The number of hydrogen-bond donors (Lipinski definition) is 1. The fourth-order valence-electron chi connectivity index (χ4n) is 5.78. The molecule has 9 nitrogen and oxygen atoms in total. The van der Waals surface area contributed by atoms with Crippen molar-refractivity contribution >= 4 is 17.7 Å². The Labute approximate surface area is 214 Å². The third kappa shape index (κ3) is 6.28. The van der Waals surface area contributed by atoms with Crippen molar-refractivity contribution in [2.75, 3.05) is 39.4 Å². The lowest BCUT2D eigenvalue weighted by Gasteiger charge is -2.35. The second-order valence-electron chi connectivity index (χ2n) is 11.0. The number of carbonyl (C=O) groups is 3. The number of hydrogen-bond acceptors (Lipinski definition) is 5. The molecule has 9 heteroatoms. The van der Waals surface area contributed by atoms with Gasteiger partial charge in [-0.05, 0) is 57.3 Å². The Hall–Kier alpha value is -2.42. The molecule has 1 unspecified atom stereocenters. The van der Waals surface area contributed by atoms with Gasteiger partial charge in [-0.1, -0.05) is 13.8 Å². The molecule has 0 aromatic carbocycles. The Balaban J connectivity index is 1.55. The number of aryl methyl sites for hydroxylation is 1. The fourth-order valence-corrected chi connectivity index (χ4v) is 5.78. The van der Waals surface area contributed by atoms with E-state index < -0.39 is 0 Å². The van der Waals surface area contributed by atoms with Gasteiger partial charge in [0.1, 0.15) is 0 Å². The average Bonchev–Trinajstić information content (AvgIpc) is 3.20. The van der Waals surface area contributed by atoms with Crippen LogP contribution in [0, 0.1) is 11.8 Å². The van der Waals surface area contributed by atoms with Gasteiger partial charge >= 0.3 is 0 Å². The molecule has 1 saturated heterocycles. The summed E-state index contributed by atoms with van der Waals surface area (Å²) in [7, 11) is 1.90. The highest BCUT2D eigenvalue weighted by atomic mass is 16.5. The molecule has 2 bridgehead atoms. The molecule has 3 heterocycles. The van der Waals surface area contributed by atoms with E-state index >= 15 is 0 Å². The molecular weight excluding hydrogens is 458 g/mol. The Morgan fingerprint density at radius 3 is 2.61 bits per heavy atom. The highest BCUT2D eigenvalue weighted by molar-refractivity contribution is 5.94. The molecule has 3 amide bonds. The number of rotatable bonds is 4. The van der Waals surface area contributed by atoms with Gasteiger partial charge in [-0.2, -0.15) is 5.10 Å². The summed E-state index contributed by atoms with van der Waals surface area (Å²) < 4.78 is 7.27. The summed E-state index contributed by atoms with van der Waals surface area (Å²) in [6, 6.07) is 0.0737. The van der Waals surface area contributed by atoms with E-state index in [1.54, 1.807) is 0 Å². The first-order valence-corrected chi connectivity index (χ1v) is 13.8. The topological polar surface area (TPSA) is 96.8 Å². The molecule has 1 aliphatic carbocycles. The predicted octanol–water partition coefficient (Wildman–Crippen LogP) is 2.32. The largest absolute Gasteiger partial charge is 0.381 e. The Kier molecular flexibility index (Phi) is 9.04. The molecule has 1 atom stereocenters. The predicted molar refractivity (Wildman–Crippen MR) is 136 cm³/mol. The second kappa shape index (κ2) is 12.2. The number of carbonyl (C=O) groups excluding carboxylic acids is 3. The molecule has 3 aliphatic rings. The number of fused-ring (bicyclic) bond motifs is 1. The van der Waals surface area contributed by atoms with Crippen LogP contribution in [0.3, 0.4) is 0 Å². The third-order valence-corrected chi connectivity index (χ3v) is 7.94. The van der Waals surface area contributed by atoms with Crippen LogP contribution in [0.1, 0.15) is 80.5 Å². The van der Waals surface area contributed by atoms with Crippen molar-refractivity contribution in [2.24, 2.45) is 18.9 Å². The zero-order valence-electron chi connectivity index (χ0n) is 22.3. The molecule has 36 heavy (non-hydrogen) atoms. The van der Waals surface area contributed by atoms with Crippen LogP contribution in [0.5, 0.6) is 0 Å². The first-order chi connectivity index (χ1) is 17.3. The van der Waals surface area contributed by atoms with Gasteiger partial charge in [-0.3, -0.25) is 19.1 Å². The van der Waals surface area contributed by atoms with E-state index in [9.17, 15) is 14.4 Å². The molecule has 200 valence electrons. The van der Waals surface area contributed by atoms with E-state index in [2.05, 4.69) is 29.2 Å². The number of nitrogens with zero attached hydrogens (tertiary/aromatic N) is 4. The summed E-state index contributed by atoms with van der Waals surface area (Å²) in [4.78, 5) is 43.9. The lowest BCUT2D eigenvalue weighted by Crippen LogP contribution is -2.45. The van der Waals surface area contributed by atoms with E-state index in [1.165, 1.54) is 0 Å². The molecule has 0 spiro atoms. The Morgan fingerprint density at radius 1 is 1.11 bits per heavy atom. The number of nitrogens with one attached hydrogen (secondary N) is 1. The minimum atomic E-state index is -0.162. The summed E-state index contributed by atoms with van der Waals surface area (Å²) in [6.07, 6.45) is 6.59. The Morgan fingerprint density at radius 2 is 1.86 bits per heavy atom. The SMILES string of the molecule is CC(C)CCN1C(=O)CCCN(C(=O)C2CCOCC2)CCCNC(=O)c2nn(C)c3c2CC1CC3.